The number of hydrogen-bond acceptors (Lipinski definition) is 19. The Kier molecular flexibility index (Phi) is 25.7. The van der Waals surface area contributed by atoms with E-state index in [0.717, 1.165) is 213 Å². The summed E-state index contributed by atoms with van der Waals surface area (Å²) < 4.78 is 7.04. The van der Waals surface area contributed by atoms with Gasteiger partial charge in [0.25, 0.3) is 17.7 Å². The van der Waals surface area contributed by atoms with Crippen molar-refractivity contribution in [2.75, 3.05) is 55.2 Å². The molecule has 7 aliphatic rings. The average molecular weight is 1460 g/mol. The number of pyridine rings is 1. The number of nitrogens with one attached hydrogen (secondary N) is 3. The summed E-state index contributed by atoms with van der Waals surface area (Å²) in [6, 6.07) is 9.10. The maximum atomic E-state index is 12.9. The van der Waals surface area contributed by atoms with Crippen molar-refractivity contribution in [2.45, 2.75) is 274 Å². The highest BCUT2D eigenvalue weighted by Gasteiger charge is 2.35. The molecule has 4 aliphatic heterocycles. The first-order valence-electron chi connectivity index (χ1n) is 40.3. The van der Waals surface area contributed by atoms with Crippen LogP contribution in [-0.4, -0.2) is 188 Å². The van der Waals surface area contributed by atoms with E-state index in [-0.39, 0.29) is 36.0 Å². The number of fused-ring (bicyclic) bond motifs is 3. The molecule has 572 valence electrons. The standard InChI is InChI=1S/C28H38N6O2.C27H37N7O2.C27H38N6O2/c1-3-5-19(2)31-28-30-17-24-25(18-34(26(24)32-28)22-7-9-23(35)10-8-22)20-11-14-33(15-12-20)27(36)21-6-4-13-29-16-21;1-3-5-18(2)30-27-28-16-22-23(17-34(25(22)31-27)20-7-9-21(35)10-8-20)19-11-14-33(15-12-19)26(36)24-6-4-13-29-32-24;1-3-5-18(2)30-27-29-16-22-23(17-33(25(22)31-27)20-7-9-21(34)10-8-20)19-11-14-32(15-12-19)26(35)24-6-4-13-28-24/h4,6,13,16-20,22-23,35H,3,5,7-12,14-15H2,1-2H3,(H,30,31,32);4,6,13,16-21,35H,3,5,7-12,14-15H2,1-2H3,(H,28,30,31);4,13,16-21,34H,3,5-12,14-15H2,1-2H3,(H,29,30,31)/t19-,22?,23?;2*18-,20?,21?/m000/s1. The van der Waals surface area contributed by atoms with Crippen LogP contribution in [-0.2, 0) is 4.79 Å². The first kappa shape index (κ1) is 76.4. The summed E-state index contributed by atoms with van der Waals surface area (Å²) >= 11 is 0. The molecule has 0 aromatic carbocycles. The van der Waals surface area contributed by atoms with Gasteiger partial charge in [-0.1, -0.05) is 46.1 Å². The summed E-state index contributed by atoms with van der Waals surface area (Å²) in [7, 11) is 0. The number of anilines is 3. The maximum Gasteiger partial charge on any atom is 0.274 e. The van der Waals surface area contributed by atoms with Crippen LogP contribution >= 0.6 is 0 Å². The minimum Gasteiger partial charge on any atom is -0.393 e. The molecule has 8 aromatic rings. The van der Waals surface area contributed by atoms with Gasteiger partial charge in [-0.3, -0.25) is 24.4 Å². The molecular formula is C82H113N19O6. The normalized spacial score (nSPS) is 22.7. The van der Waals surface area contributed by atoms with Gasteiger partial charge in [0.1, 0.15) is 22.7 Å². The number of aliphatic hydroxyl groups is 3. The fourth-order valence-electron chi connectivity index (χ4n) is 17.5. The van der Waals surface area contributed by atoms with E-state index in [2.05, 4.69) is 120 Å². The Morgan fingerprint density at radius 3 is 1.18 bits per heavy atom. The second-order valence-electron chi connectivity index (χ2n) is 31.4. The van der Waals surface area contributed by atoms with Crippen molar-refractivity contribution in [3.05, 3.63) is 120 Å². The zero-order chi connectivity index (χ0) is 74.5. The van der Waals surface area contributed by atoms with Crippen LogP contribution in [0.4, 0.5) is 17.8 Å². The number of nitrogens with zero attached hydrogens (tertiary/aromatic N) is 16. The van der Waals surface area contributed by atoms with Gasteiger partial charge in [0.15, 0.2) is 5.69 Å². The summed E-state index contributed by atoms with van der Waals surface area (Å²) in [5, 5.41) is 51.8. The number of carbonyl (C=O) groups excluding carboxylic acids is 3. The molecule has 0 spiro atoms. The fraction of sp³-hybridized carbons (Fsp3) is 0.598. The maximum absolute atomic E-state index is 12.9. The van der Waals surface area contributed by atoms with Crippen molar-refractivity contribution in [1.82, 2.24) is 73.5 Å². The number of aliphatic hydroxyl groups excluding tert-OH is 3. The van der Waals surface area contributed by atoms with Crippen molar-refractivity contribution >= 4 is 74.4 Å². The number of aliphatic imine (C=N–C) groups is 1. The van der Waals surface area contributed by atoms with E-state index in [9.17, 15) is 29.7 Å². The van der Waals surface area contributed by atoms with Crippen LogP contribution in [0.2, 0.25) is 0 Å². The van der Waals surface area contributed by atoms with Crippen molar-refractivity contribution in [1.29, 1.82) is 0 Å². The molecule has 25 nitrogen and oxygen atoms in total. The number of allylic oxidation sites excluding steroid dienone is 1. The molecule has 12 heterocycles. The van der Waals surface area contributed by atoms with Gasteiger partial charge in [-0.05, 0) is 214 Å². The zero-order valence-electron chi connectivity index (χ0n) is 63.7. The van der Waals surface area contributed by atoms with Crippen molar-refractivity contribution in [2.24, 2.45) is 4.99 Å². The van der Waals surface area contributed by atoms with Gasteiger partial charge in [-0.2, -0.15) is 20.1 Å². The number of aromatic nitrogens is 12. The van der Waals surface area contributed by atoms with Gasteiger partial charge in [-0.15, -0.1) is 5.10 Å². The van der Waals surface area contributed by atoms with Crippen LogP contribution in [0.25, 0.3) is 33.1 Å². The largest absolute Gasteiger partial charge is 0.393 e. The third-order valence-electron chi connectivity index (χ3n) is 23.5. The van der Waals surface area contributed by atoms with Gasteiger partial charge in [0.2, 0.25) is 17.8 Å². The van der Waals surface area contributed by atoms with Crippen molar-refractivity contribution in [3.63, 3.8) is 0 Å². The molecule has 3 aliphatic carbocycles. The Morgan fingerprint density at radius 1 is 0.467 bits per heavy atom. The third-order valence-corrected chi connectivity index (χ3v) is 23.5. The van der Waals surface area contributed by atoms with Crippen LogP contribution in [0.3, 0.4) is 0 Å². The van der Waals surface area contributed by atoms with Crippen LogP contribution < -0.4 is 16.0 Å². The van der Waals surface area contributed by atoms with Gasteiger partial charge in [0.05, 0.1) is 23.9 Å². The van der Waals surface area contributed by atoms with E-state index in [4.69, 9.17) is 19.9 Å². The Hall–Kier alpha value is -8.81. The SMILES string of the molecule is CCC[C@H](C)Nc1ncc2c(C3CCN(C(=O)C4=NC=CC4)CC3)cn(C3CCC(O)CC3)c2n1.CCC[C@H](C)Nc1ncc2c(C3CCN(C(=O)c4cccnc4)CC3)cn(C3CCC(O)CC3)c2n1.CCC[C@H](C)Nc1ncc2c(C3CCN(C(=O)c4cccnn4)CC3)cn(C3CCC(O)CC3)c2n1. The van der Waals surface area contributed by atoms with Crippen LogP contribution in [0.1, 0.15) is 275 Å². The summed E-state index contributed by atoms with van der Waals surface area (Å²) in [5.41, 5.74) is 8.53. The highest BCUT2D eigenvalue weighted by molar-refractivity contribution is 6.39. The molecule has 3 amide bonds. The number of likely N-dealkylation sites (tertiary alicyclic amines) is 3. The van der Waals surface area contributed by atoms with Gasteiger partial charge in [0, 0.05) is 160 Å². The van der Waals surface area contributed by atoms with Gasteiger partial charge >= 0.3 is 0 Å². The Labute approximate surface area is 629 Å². The van der Waals surface area contributed by atoms with E-state index in [0.29, 0.717) is 108 Å². The van der Waals surface area contributed by atoms with E-state index in [1.54, 1.807) is 36.9 Å². The second kappa shape index (κ2) is 35.9. The van der Waals surface area contributed by atoms with E-state index < -0.39 is 0 Å². The molecule has 107 heavy (non-hydrogen) atoms. The van der Waals surface area contributed by atoms with E-state index in [1.807, 2.05) is 51.5 Å². The number of piperidine rings is 3. The first-order chi connectivity index (χ1) is 52.1. The second-order valence-corrected chi connectivity index (χ2v) is 31.4. The van der Waals surface area contributed by atoms with E-state index >= 15 is 0 Å². The predicted molar refractivity (Wildman–Crippen MR) is 419 cm³/mol. The molecule has 0 unspecified atom stereocenters. The quantitative estimate of drug-likeness (QED) is 0.0389. The molecule has 3 saturated carbocycles. The van der Waals surface area contributed by atoms with E-state index in [1.165, 1.54) is 16.7 Å². The summed E-state index contributed by atoms with van der Waals surface area (Å²) in [5.74, 6) is 3.22. The lowest BCUT2D eigenvalue weighted by Gasteiger charge is -2.32. The van der Waals surface area contributed by atoms with Crippen LogP contribution in [0, 0.1) is 0 Å². The molecule has 6 N–H and O–H groups in total. The van der Waals surface area contributed by atoms with Gasteiger partial charge in [-0.25, -0.2) is 15.0 Å². The lowest BCUT2D eigenvalue weighted by molar-refractivity contribution is -0.125. The zero-order valence-corrected chi connectivity index (χ0v) is 63.7. The number of carbonyl (C=O) groups is 3. The lowest BCUT2D eigenvalue weighted by Crippen LogP contribution is -2.41. The molecule has 15 rings (SSSR count). The molecular weight excluding hydrogens is 1350 g/mol. The minimum atomic E-state index is -0.194. The Bertz CT molecular complexity index is 4120. The molecule has 6 fully saturated rings. The fourth-order valence-corrected chi connectivity index (χ4v) is 17.5. The molecule has 8 aromatic heterocycles. The van der Waals surface area contributed by atoms with Crippen molar-refractivity contribution in [3.8, 4) is 0 Å². The summed E-state index contributed by atoms with van der Waals surface area (Å²) in [4.78, 5) is 81.7. The molecule has 25 heteroatoms. The minimum absolute atomic E-state index is 0.0509. The number of amides is 3. The predicted octanol–water partition coefficient (Wildman–Crippen LogP) is 13.8. The molecule has 0 radical (unpaired) electrons. The van der Waals surface area contributed by atoms with Crippen LogP contribution in [0.5, 0.6) is 0 Å². The lowest BCUT2D eigenvalue weighted by atomic mass is 9.89. The Balaban J connectivity index is 0.000000142. The molecule has 3 atom stereocenters. The number of rotatable bonds is 21. The molecule has 3 saturated heterocycles. The third kappa shape index (κ3) is 18.5. The first-order valence-corrected chi connectivity index (χ1v) is 40.3. The van der Waals surface area contributed by atoms with Crippen LogP contribution in [0.15, 0.2) is 97.3 Å². The topological polar surface area (TPSA) is 301 Å². The number of hydrogen-bond donors (Lipinski definition) is 6. The monoisotopic (exact) mass is 1460 g/mol. The highest BCUT2D eigenvalue weighted by atomic mass is 16.3. The van der Waals surface area contributed by atoms with Gasteiger partial charge < -0.3 is 59.7 Å². The average Bonchev–Trinajstić information content (AvgIpc) is 1.63. The highest BCUT2D eigenvalue weighted by Crippen LogP contribution is 2.43. The summed E-state index contributed by atoms with van der Waals surface area (Å²) in [6.45, 7) is 17.4. The van der Waals surface area contributed by atoms with Crippen molar-refractivity contribution < 1.29 is 29.7 Å². The smallest absolute Gasteiger partial charge is 0.274 e. The molecule has 0 bridgehead atoms. The summed E-state index contributed by atoms with van der Waals surface area (Å²) in [6.07, 6.45) is 44.3. The Morgan fingerprint density at radius 2 is 0.841 bits per heavy atom.